The van der Waals surface area contributed by atoms with Crippen LogP contribution >= 0.6 is 0 Å². The van der Waals surface area contributed by atoms with E-state index >= 15 is 0 Å². The fourth-order valence-corrected chi connectivity index (χ4v) is 1.61. The lowest BCUT2D eigenvalue weighted by atomic mass is 9.95. The Morgan fingerprint density at radius 1 is 1.41 bits per heavy atom. The molecule has 0 saturated heterocycles. The summed E-state index contributed by atoms with van der Waals surface area (Å²) in [7, 11) is 0. The van der Waals surface area contributed by atoms with E-state index in [1.165, 1.54) is 12.1 Å². The monoisotopic (exact) mass is 238 g/mol. The molecule has 4 N–H and O–H groups in total. The van der Waals surface area contributed by atoms with Gasteiger partial charge in [0.2, 0.25) is 0 Å². The van der Waals surface area contributed by atoms with E-state index in [0.29, 0.717) is 0 Å². The molecule has 1 aromatic rings. The van der Waals surface area contributed by atoms with Crippen LogP contribution in [0.15, 0.2) is 24.3 Å². The number of nitrogens with one attached hydrogen (secondary N) is 1. The van der Waals surface area contributed by atoms with Crippen molar-refractivity contribution < 1.29 is 14.3 Å². The van der Waals surface area contributed by atoms with Crippen LogP contribution < -0.4 is 5.73 Å². The van der Waals surface area contributed by atoms with Gasteiger partial charge in [0.15, 0.2) is 0 Å². The van der Waals surface area contributed by atoms with Crippen molar-refractivity contribution in [2.75, 3.05) is 0 Å². The average Bonchev–Trinajstić information content (AvgIpc) is 2.98. The van der Waals surface area contributed by atoms with E-state index in [2.05, 4.69) is 0 Å². The van der Waals surface area contributed by atoms with E-state index in [9.17, 15) is 4.39 Å². The maximum Gasteiger partial charge on any atom is 0.300 e. The number of benzene rings is 1. The highest BCUT2D eigenvalue weighted by Crippen LogP contribution is 2.47. The Hall–Kier alpha value is -1.91. The molecular formula is C12H15FN2O2. The van der Waals surface area contributed by atoms with Crippen molar-refractivity contribution in [1.82, 2.24) is 0 Å². The van der Waals surface area contributed by atoms with Crippen LogP contribution in [0.5, 0.6) is 0 Å². The van der Waals surface area contributed by atoms with Crippen molar-refractivity contribution in [1.29, 1.82) is 5.41 Å². The molecule has 4 nitrogen and oxygen atoms in total. The molecule has 0 unspecified atom stereocenters. The summed E-state index contributed by atoms with van der Waals surface area (Å²) in [6.07, 6.45) is 1.82. The zero-order valence-corrected chi connectivity index (χ0v) is 9.53. The van der Waals surface area contributed by atoms with Crippen LogP contribution in [0, 0.1) is 11.2 Å². The van der Waals surface area contributed by atoms with Crippen LogP contribution in [-0.4, -0.2) is 16.9 Å². The molecule has 1 aliphatic carbocycles. The van der Waals surface area contributed by atoms with Gasteiger partial charge in [-0.1, -0.05) is 12.1 Å². The summed E-state index contributed by atoms with van der Waals surface area (Å²) in [5.41, 5.74) is 6.18. The Kier molecular flexibility index (Phi) is 3.83. The molecule has 0 heterocycles. The van der Waals surface area contributed by atoms with Gasteiger partial charge in [-0.2, -0.15) is 0 Å². The first-order chi connectivity index (χ1) is 7.88. The van der Waals surface area contributed by atoms with Gasteiger partial charge < -0.3 is 10.8 Å². The first-order valence-electron chi connectivity index (χ1n) is 5.18. The van der Waals surface area contributed by atoms with Gasteiger partial charge in [-0.3, -0.25) is 10.2 Å². The molecule has 0 spiro atoms. The van der Waals surface area contributed by atoms with E-state index in [-0.39, 0.29) is 17.1 Å². The predicted molar refractivity (Wildman–Crippen MR) is 62.5 cm³/mol. The van der Waals surface area contributed by atoms with Crippen LogP contribution in [0.25, 0.3) is 0 Å². The minimum absolute atomic E-state index is 0.194. The highest BCUT2D eigenvalue weighted by Gasteiger charge is 2.47. The first kappa shape index (κ1) is 13.2. The molecule has 1 aliphatic rings. The molecule has 2 rings (SSSR count). The van der Waals surface area contributed by atoms with Crippen molar-refractivity contribution in [2.45, 2.75) is 25.2 Å². The molecule has 0 aromatic heterocycles. The molecule has 0 bridgehead atoms. The van der Waals surface area contributed by atoms with E-state index in [1.54, 1.807) is 12.1 Å². The third kappa shape index (κ3) is 3.27. The molecule has 17 heavy (non-hydrogen) atoms. The number of carboxylic acid groups (broad SMARTS) is 1. The van der Waals surface area contributed by atoms with Crippen molar-refractivity contribution in [3.8, 4) is 0 Å². The summed E-state index contributed by atoms with van der Waals surface area (Å²) in [6.45, 7) is 1.08. The topological polar surface area (TPSA) is 87.2 Å². The molecular weight excluding hydrogens is 223 g/mol. The van der Waals surface area contributed by atoms with Gasteiger partial charge in [-0.05, 0) is 30.5 Å². The Labute approximate surface area is 98.8 Å². The fraction of sp³-hybridized carbons (Fsp3) is 0.333. The standard InChI is InChI=1S/C10H11FN2.C2H4O2/c11-8-3-1-7(2-4-8)10(5-6-10)9(12)13;1-2(3)4/h1-4H,5-6H2,(H3,12,13);1H3,(H,3,4). The van der Waals surface area contributed by atoms with Crippen molar-refractivity contribution in [3.05, 3.63) is 35.6 Å². The zero-order valence-electron chi connectivity index (χ0n) is 9.53. The lowest BCUT2D eigenvalue weighted by Crippen LogP contribution is -2.27. The second-order valence-electron chi connectivity index (χ2n) is 4.02. The molecule has 0 atom stereocenters. The third-order valence-electron chi connectivity index (χ3n) is 2.66. The minimum atomic E-state index is -0.833. The summed E-state index contributed by atoms with van der Waals surface area (Å²) in [5, 5.41) is 14.9. The summed E-state index contributed by atoms with van der Waals surface area (Å²) in [5.74, 6) is -0.887. The van der Waals surface area contributed by atoms with E-state index in [0.717, 1.165) is 25.3 Å². The van der Waals surface area contributed by atoms with Crippen LogP contribution in [0.2, 0.25) is 0 Å². The lowest BCUT2D eigenvalue weighted by molar-refractivity contribution is -0.134. The summed E-state index contributed by atoms with van der Waals surface area (Å²) in [6, 6.07) is 6.25. The van der Waals surface area contributed by atoms with Crippen LogP contribution in [-0.2, 0) is 10.2 Å². The van der Waals surface area contributed by atoms with Crippen LogP contribution in [0.4, 0.5) is 4.39 Å². The van der Waals surface area contributed by atoms with Crippen LogP contribution in [0.1, 0.15) is 25.3 Å². The van der Waals surface area contributed by atoms with Crippen molar-refractivity contribution in [3.63, 3.8) is 0 Å². The number of hydrogen-bond donors (Lipinski definition) is 3. The smallest absolute Gasteiger partial charge is 0.300 e. The third-order valence-corrected chi connectivity index (χ3v) is 2.66. The maximum atomic E-state index is 12.6. The van der Waals surface area contributed by atoms with Gasteiger partial charge in [0.25, 0.3) is 5.97 Å². The van der Waals surface area contributed by atoms with Crippen LogP contribution in [0.3, 0.4) is 0 Å². The second-order valence-corrected chi connectivity index (χ2v) is 4.02. The molecule has 0 radical (unpaired) electrons. The van der Waals surface area contributed by atoms with Gasteiger partial charge in [0, 0.05) is 6.92 Å². The quantitative estimate of drug-likeness (QED) is 0.543. The van der Waals surface area contributed by atoms with Gasteiger partial charge in [-0.25, -0.2) is 4.39 Å². The number of carboxylic acids is 1. The highest BCUT2D eigenvalue weighted by atomic mass is 19.1. The van der Waals surface area contributed by atoms with Gasteiger partial charge in [0.05, 0.1) is 5.41 Å². The van der Waals surface area contributed by atoms with E-state index in [4.69, 9.17) is 21.0 Å². The number of halogens is 1. The van der Waals surface area contributed by atoms with Gasteiger partial charge in [0.1, 0.15) is 11.7 Å². The number of rotatable bonds is 2. The molecule has 92 valence electrons. The van der Waals surface area contributed by atoms with Crippen molar-refractivity contribution in [2.24, 2.45) is 5.73 Å². The number of nitrogens with two attached hydrogens (primary N) is 1. The Morgan fingerprint density at radius 3 is 2.12 bits per heavy atom. The largest absolute Gasteiger partial charge is 0.481 e. The number of aliphatic carboxylic acids is 1. The molecule has 1 saturated carbocycles. The number of carbonyl (C=O) groups is 1. The Morgan fingerprint density at radius 2 is 1.82 bits per heavy atom. The highest BCUT2D eigenvalue weighted by molar-refractivity contribution is 5.92. The second kappa shape index (κ2) is 4.95. The van der Waals surface area contributed by atoms with E-state index in [1.807, 2.05) is 0 Å². The molecule has 0 aliphatic heterocycles. The molecule has 5 heteroatoms. The lowest BCUT2D eigenvalue weighted by Gasteiger charge is -2.12. The summed E-state index contributed by atoms with van der Waals surface area (Å²) in [4.78, 5) is 9.00. The molecule has 1 fully saturated rings. The average molecular weight is 238 g/mol. The molecule has 1 aromatic carbocycles. The maximum absolute atomic E-state index is 12.6. The summed E-state index contributed by atoms with van der Waals surface area (Å²) >= 11 is 0. The normalized spacial score (nSPS) is 15.4. The minimum Gasteiger partial charge on any atom is -0.481 e. The number of amidine groups is 1. The Balaban J connectivity index is 0.000000317. The zero-order chi connectivity index (χ0) is 13.1. The SMILES string of the molecule is CC(=O)O.N=C(N)C1(c2ccc(F)cc2)CC1. The van der Waals surface area contributed by atoms with Gasteiger partial charge in [-0.15, -0.1) is 0 Å². The first-order valence-corrected chi connectivity index (χ1v) is 5.18. The fourth-order valence-electron chi connectivity index (χ4n) is 1.61. The number of hydrogen-bond acceptors (Lipinski definition) is 2. The predicted octanol–water partition coefficient (Wildman–Crippen LogP) is 1.88. The molecule has 0 amide bonds. The van der Waals surface area contributed by atoms with Gasteiger partial charge >= 0.3 is 0 Å². The van der Waals surface area contributed by atoms with E-state index < -0.39 is 5.97 Å². The Bertz CT molecular complexity index is 421. The van der Waals surface area contributed by atoms with Crippen molar-refractivity contribution >= 4 is 11.8 Å². The summed E-state index contributed by atoms with van der Waals surface area (Å²) < 4.78 is 12.6.